The Kier molecular flexibility index (Phi) is 26.6. The Morgan fingerprint density at radius 1 is 0.583 bits per heavy atom. The van der Waals surface area contributed by atoms with Crippen LogP contribution in [0.1, 0.15) is 77.6 Å². The summed E-state index contributed by atoms with van der Waals surface area (Å²) in [7, 11) is 0. The van der Waals surface area contributed by atoms with Gasteiger partial charge in [-0.3, -0.25) is 0 Å². The molecule has 0 aliphatic heterocycles. The maximum Gasteiger partial charge on any atom is 0.319 e. The fraction of sp³-hybridized carbons (Fsp3) is 1.00. The van der Waals surface area contributed by atoms with Gasteiger partial charge in [0.2, 0.25) is 0 Å². The van der Waals surface area contributed by atoms with Gasteiger partial charge in [0.15, 0.2) is 0 Å². The van der Waals surface area contributed by atoms with E-state index in [-0.39, 0.29) is 0 Å². The van der Waals surface area contributed by atoms with E-state index in [9.17, 15) is 0 Å². The Morgan fingerprint density at radius 2 is 0.792 bits per heavy atom. The normalized spacial score (nSPS) is 11.2. The molecule has 0 saturated carbocycles. The van der Waals surface area contributed by atoms with Crippen LogP contribution in [0.2, 0.25) is 5.02 Å². The van der Waals surface area contributed by atoms with Gasteiger partial charge in [-0.15, -0.1) is 0 Å². The maximum atomic E-state index is 7.56. The van der Waals surface area contributed by atoms with Gasteiger partial charge in [-0.25, -0.2) is 0 Å². The largest absolute Gasteiger partial charge is 0.325 e. The van der Waals surface area contributed by atoms with Crippen molar-refractivity contribution in [2.45, 2.75) is 82.6 Å². The number of hydrogen-bond acceptors (Lipinski definition) is 2. The standard InChI is InChI=1S/C13H27.2H3O3PS.Zn/c1-3-5-7-9-11-13-12-10-8-6-4-2;2*1-4(2,3)5;/h1,3-13H2,2H3;2*(H3,1,2,3,5);. The van der Waals surface area contributed by atoms with Gasteiger partial charge in [0.25, 0.3) is 0 Å². The summed E-state index contributed by atoms with van der Waals surface area (Å²) in [5.74, 6) is 0. The summed E-state index contributed by atoms with van der Waals surface area (Å²) in [5.41, 5.74) is 0. The van der Waals surface area contributed by atoms with Gasteiger partial charge in [0.05, 0.1) is 0 Å². The van der Waals surface area contributed by atoms with Gasteiger partial charge in [0, 0.05) is 0 Å². The first-order valence-corrected chi connectivity index (χ1v) is 15.7. The Labute approximate surface area is 166 Å². The zero-order chi connectivity index (χ0) is 19.5. The molecular formula is C13H33O6P2S2Zn. The van der Waals surface area contributed by atoms with E-state index in [0.29, 0.717) is 0 Å². The van der Waals surface area contributed by atoms with Crippen molar-refractivity contribution in [3.05, 3.63) is 0 Å². The third kappa shape index (κ3) is 75.8. The van der Waals surface area contributed by atoms with Crippen molar-refractivity contribution >= 4 is 37.1 Å². The Balaban J connectivity index is -0.000000361. The molecule has 0 unspecified atom stereocenters. The van der Waals surface area contributed by atoms with E-state index >= 15 is 0 Å². The van der Waals surface area contributed by atoms with Crippen LogP contribution in [0.25, 0.3) is 0 Å². The van der Waals surface area contributed by atoms with Crippen molar-refractivity contribution in [2.75, 3.05) is 0 Å². The van der Waals surface area contributed by atoms with Crippen LogP contribution in [0.15, 0.2) is 0 Å². The van der Waals surface area contributed by atoms with Crippen molar-refractivity contribution in [3.8, 4) is 0 Å². The van der Waals surface area contributed by atoms with Crippen LogP contribution in [0.3, 0.4) is 0 Å². The van der Waals surface area contributed by atoms with Crippen LogP contribution < -0.4 is 0 Å². The molecule has 0 aromatic heterocycles. The Bertz CT molecular complexity index is 290. The smallest absolute Gasteiger partial charge is 0.319 e. The minimum atomic E-state index is -3.81. The van der Waals surface area contributed by atoms with Crippen molar-refractivity contribution in [1.29, 1.82) is 0 Å². The summed E-state index contributed by atoms with van der Waals surface area (Å²) in [6, 6.07) is 0. The molecule has 0 amide bonds. The summed E-state index contributed by atoms with van der Waals surface area (Å²) < 4.78 is 0. The zero-order valence-electron chi connectivity index (χ0n) is 14.6. The molecule has 0 fully saturated rings. The molecule has 0 radical (unpaired) electrons. The second-order valence-corrected chi connectivity index (χ2v) is 11.9. The number of rotatable bonds is 11. The maximum absolute atomic E-state index is 7.56. The van der Waals surface area contributed by atoms with Crippen LogP contribution in [0.4, 0.5) is 0 Å². The van der Waals surface area contributed by atoms with Gasteiger partial charge in [-0.1, -0.05) is 6.92 Å². The van der Waals surface area contributed by atoms with Crippen molar-refractivity contribution in [2.24, 2.45) is 0 Å². The van der Waals surface area contributed by atoms with Gasteiger partial charge < -0.3 is 29.4 Å². The van der Waals surface area contributed by atoms with Crippen LogP contribution in [0, 0.1) is 0 Å². The summed E-state index contributed by atoms with van der Waals surface area (Å²) in [4.78, 5) is 45.3. The van der Waals surface area contributed by atoms with E-state index in [1.54, 1.807) is 0 Å². The van der Waals surface area contributed by atoms with Gasteiger partial charge in [-0.05, 0) is 23.6 Å². The molecular weight excluding hydrogens is 444 g/mol. The molecule has 0 bridgehead atoms. The number of unbranched alkanes of at least 4 members (excludes halogenated alkanes) is 10. The molecule has 0 rings (SSSR count). The molecule has 145 valence electrons. The average molecular weight is 477 g/mol. The van der Waals surface area contributed by atoms with Gasteiger partial charge >= 0.3 is 107 Å². The minimum absolute atomic E-state index is 1.38. The van der Waals surface area contributed by atoms with Crippen molar-refractivity contribution < 1.29 is 47.7 Å². The molecule has 6 nitrogen and oxygen atoms in total. The van der Waals surface area contributed by atoms with E-state index in [2.05, 4.69) is 30.5 Å². The predicted molar refractivity (Wildman–Crippen MR) is 103 cm³/mol. The fourth-order valence-corrected chi connectivity index (χ4v) is 2.58. The van der Waals surface area contributed by atoms with E-state index in [4.69, 9.17) is 29.4 Å². The monoisotopic (exact) mass is 475 g/mol. The molecule has 0 saturated heterocycles. The molecule has 11 heteroatoms. The fourth-order valence-electron chi connectivity index (χ4n) is 1.84. The third-order valence-corrected chi connectivity index (χ3v) is 3.90. The SMILES string of the molecule is CCCCCCCCCCCC[CH2][Zn].OP(O)(O)=S.OP(O)(O)=S. The van der Waals surface area contributed by atoms with Crippen molar-refractivity contribution in [1.82, 2.24) is 0 Å². The van der Waals surface area contributed by atoms with Crippen molar-refractivity contribution in [3.63, 3.8) is 0 Å². The first-order valence-electron chi connectivity index (χ1n) is 8.27. The summed E-state index contributed by atoms with van der Waals surface area (Å²) in [5, 5.41) is 1.50. The molecule has 0 atom stereocenters. The first kappa shape index (κ1) is 30.4. The van der Waals surface area contributed by atoms with Crippen LogP contribution >= 0.6 is 13.4 Å². The topological polar surface area (TPSA) is 121 Å². The molecule has 0 aliphatic carbocycles. The second-order valence-electron chi connectivity index (χ2n) is 5.42. The second kappa shape index (κ2) is 21.0. The third-order valence-electron chi connectivity index (χ3n) is 2.85. The quantitative estimate of drug-likeness (QED) is 0.152. The summed E-state index contributed by atoms with van der Waals surface area (Å²) in [6.07, 6.45) is 16.2. The van der Waals surface area contributed by atoms with Gasteiger partial charge in [-0.2, -0.15) is 0 Å². The summed E-state index contributed by atoms with van der Waals surface area (Å²) in [6.45, 7) is -5.32. The Morgan fingerprint density at radius 3 is 1.00 bits per heavy atom. The molecule has 0 spiro atoms. The molecule has 0 aromatic carbocycles. The Hall–Kier alpha value is 1.68. The van der Waals surface area contributed by atoms with Crippen LogP contribution in [-0.2, 0) is 41.9 Å². The van der Waals surface area contributed by atoms with E-state index in [0.717, 1.165) is 0 Å². The zero-order valence-corrected chi connectivity index (χ0v) is 21.0. The molecule has 24 heavy (non-hydrogen) atoms. The van der Waals surface area contributed by atoms with E-state index < -0.39 is 13.4 Å². The molecule has 0 aromatic rings. The predicted octanol–water partition coefficient (Wildman–Crippen LogP) is 3.64. The summed E-state index contributed by atoms with van der Waals surface area (Å²) >= 11 is 8.71. The number of hydrogen-bond donors (Lipinski definition) is 6. The molecule has 6 N–H and O–H groups in total. The molecule has 0 aliphatic rings. The van der Waals surface area contributed by atoms with E-state index in [1.807, 2.05) is 0 Å². The minimum Gasteiger partial charge on any atom is -0.325 e. The first-order chi connectivity index (χ1) is 10.9. The van der Waals surface area contributed by atoms with Crippen LogP contribution in [-0.4, -0.2) is 29.4 Å². The van der Waals surface area contributed by atoms with E-state index in [1.165, 1.54) is 93.9 Å². The molecule has 0 heterocycles. The average Bonchev–Trinajstić information content (AvgIpc) is 2.37. The van der Waals surface area contributed by atoms with Gasteiger partial charge in [0.1, 0.15) is 0 Å². The van der Waals surface area contributed by atoms with Crippen LogP contribution in [0.5, 0.6) is 0 Å².